The molecular weight excluding hydrogens is 340 g/mol. The third-order valence-corrected chi connectivity index (χ3v) is 4.64. The molecule has 0 saturated carbocycles. The molecule has 0 fully saturated rings. The highest BCUT2D eigenvalue weighted by atomic mass is 16.6. The zero-order valence-electron chi connectivity index (χ0n) is 14.7. The largest absolute Gasteiger partial charge is 0.374 e. The number of nitro groups is 1. The highest BCUT2D eigenvalue weighted by Crippen LogP contribution is 2.34. The monoisotopic (exact) mass is 358 g/mol. The van der Waals surface area contributed by atoms with Crippen LogP contribution in [0.1, 0.15) is 22.9 Å². The van der Waals surface area contributed by atoms with Crippen molar-refractivity contribution in [3.8, 4) is 0 Å². The van der Waals surface area contributed by atoms with Crippen molar-refractivity contribution < 1.29 is 4.92 Å². The number of fused-ring (bicyclic) bond motifs is 1. The highest BCUT2D eigenvalue weighted by molar-refractivity contribution is 5.86. The zero-order chi connectivity index (χ0) is 18.8. The molecule has 134 valence electrons. The predicted octanol–water partition coefficient (Wildman–Crippen LogP) is 4.98. The van der Waals surface area contributed by atoms with Crippen molar-refractivity contribution in [1.29, 1.82) is 0 Å². The van der Waals surface area contributed by atoms with Crippen LogP contribution in [0.4, 0.5) is 11.4 Å². The number of nitro benzene ring substituents is 1. The predicted molar refractivity (Wildman–Crippen MR) is 106 cm³/mol. The van der Waals surface area contributed by atoms with Crippen molar-refractivity contribution in [2.75, 3.05) is 5.32 Å². The molecule has 0 bridgehead atoms. The van der Waals surface area contributed by atoms with Crippen molar-refractivity contribution in [2.24, 2.45) is 0 Å². The number of hydrogen-bond donors (Lipinski definition) is 2. The lowest BCUT2D eigenvalue weighted by molar-refractivity contribution is -0.384. The smallest absolute Gasteiger partial charge is 0.271 e. The molecule has 27 heavy (non-hydrogen) atoms. The number of anilines is 1. The van der Waals surface area contributed by atoms with E-state index in [1.807, 2.05) is 43.3 Å². The molecule has 2 aromatic carbocycles. The lowest BCUT2D eigenvalue weighted by atomic mass is 9.96. The maximum atomic E-state index is 11.1. The summed E-state index contributed by atoms with van der Waals surface area (Å²) in [5.74, 6) is 0. The molecule has 6 heteroatoms. The van der Waals surface area contributed by atoms with E-state index in [2.05, 4.69) is 21.4 Å². The van der Waals surface area contributed by atoms with E-state index >= 15 is 0 Å². The van der Waals surface area contributed by atoms with E-state index in [0.29, 0.717) is 5.69 Å². The maximum Gasteiger partial charge on any atom is 0.271 e. The summed E-state index contributed by atoms with van der Waals surface area (Å²) in [6, 6.07) is 18.4. The molecule has 0 aliphatic heterocycles. The minimum absolute atomic E-state index is 0.0594. The summed E-state index contributed by atoms with van der Waals surface area (Å²) < 4.78 is 0. The lowest BCUT2D eigenvalue weighted by Crippen LogP contribution is -2.13. The van der Waals surface area contributed by atoms with Crippen LogP contribution < -0.4 is 5.32 Å². The van der Waals surface area contributed by atoms with Crippen LogP contribution in [0, 0.1) is 17.0 Å². The Morgan fingerprint density at radius 2 is 1.85 bits per heavy atom. The molecule has 6 nitrogen and oxygen atoms in total. The standard InChI is InChI=1S/C21H18N4O2/c1-14-20(18-7-2-3-8-19(18)23-14)21(15-9-11-22-12-10-15)24-16-5-4-6-17(13-16)25(26)27/h2-13,21,23-24H,1H3/t21-/m0/s1. The lowest BCUT2D eigenvalue weighted by Gasteiger charge is -2.21. The number of hydrogen-bond acceptors (Lipinski definition) is 4. The average molecular weight is 358 g/mol. The highest BCUT2D eigenvalue weighted by Gasteiger charge is 2.21. The summed E-state index contributed by atoms with van der Waals surface area (Å²) in [6.45, 7) is 2.04. The van der Waals surface area contributed by atoms with Crippen LogP contribution in [-0.4, -0.2) is 14.9 Å². The fourth-order valence-corrected chi connectivity index (χ4v) is 3.42. The quantitative estimate of drug-likeness (QED) is 0.389. The summed E-state index contributed by atoms with van der Waals surface area (Å²) in [6.07, 6.45) is 3.50. The number of H-pyrrole nitrogens is 1. The second-order valence-electron chi connectivity index (χ2n) is 6.37. The van der Waals surface area contributed by atoms with Crippen LogP contribution in [0.15, 0.2) is 73.1 Å². The van der Waals surface area contributed by atoms with Gasteiger partial charge < -0.3 is 10.3 Å². The van der Waals surface area contributed by atoms with Gasteiger partial charge in [0.2, 0.25) is 0 Å². The maximum absolute atomic E-state index is 11.1. The van der Waals surface area contributed by atoms with Crippen molar-refractivity contribution >= 4 is 22.3 Å². The van der Waals surface area contributed by atoms with E-state index in [1.54, 1.807) is 24.5 Å². The number of para-hydroxylation sites is 1. The second-order valence-corrected chi connectivity index (χ2v) is 6.37. The van der Waals surface area contributed by atoms with Crippen molar-refractivity contribution in [3.05, 3.63) is 100.0 Å². The molecule has 0 amide bonds. The molecular formula is C21H18N4O2. The third-order valence-electron chi connectivity index (χ3n) is 4.64. The zero-order valence-corrected chi connectivity index (χ0v) is 14.7. The first-order valence-corrected chi connectivity index (χ1v) is 8.61. The molecule has 1 atom stereocenters. The molecule has 0 unspecified atom stereocenters. The molecule has 2 heterocycles. The number of nitrogens with one attached hydrogen (secondary N) is 2. The summed E-state index contributed by atoms with van der Waals surface area (Å²) in [5, 5.41) is 15.7. The number of aryl methyl sites for hydroxylation is 1. The number of aromatic nitrogens is 2. The summed E-state index contributed by atoms with van der Waals surface area (Å²) in [7, 11) is 0. The van der Waals surface area contributed by atoms with Gasteiger partial charge in [0.25, 0.3) is 5.69 Å². The normalized spacial score (nSPS) is 12.0. The fraction of sp³-hybridized carbons (Fsp3) is 0.0952. The van der Waals surface area contributed by atoms with Gasteiger partial charge in [0.15, 0.2) is 0 Å². The number of benzene rings is 2. The number of non-ortho nitro benzene ring substituents is 1. The Hall–Kier alpha value is -3.67. The Balaban J connectivity index is 1.84. The van der Waals surface area contributed by atoms with Gasteiger partial charge in [0.1, 0.15) is 0 Å². The van der Waals surface area contributed by atoms with Gasteiger partial charge in [-0.2, -0.15) is 0 Å². The van der Waals surface area contributed by atoms with Crippen LogP contribution in [0.5, 0.6) is 0 Å². The van der Waals surface area contributed by atoms with Gasteiger partial charge in [-0.15, -0.1) is 0 Å². The molecule has 0 saturated heterocycles. The molecule has 0 aliphatic carbocycles. The molecule has 0 radical (unpaired) electrons. The van der Waals surface area contributed by atoms with Gasteiger partial charge >= 0.3 is 0 Å². The van der Waals surface area contributed by atoms with Crippen LogP contribution in [-0.2, 0) is 0 Å². The summed E-state index contributed by atoms with van der Waals surface area (Å²) in [5.41, 5.74) is 5.01. The van der Waals surface area contributed by atoms with Crippen molar-refractivity contribution in [3.63, 3.8) is 0 Å². The van der Waals surface area contributed by atoms with E-state index in [1.165, 1.54) is 6.07 Å². The Morgan fingerprint density at radius 3 is 2.63 bits per heavy atom. The van der Waals surface area contributed by atoms with Crippen LogP contribution in [0.3, 0.4) is 0 Å². The SMILES string of the molecule is Cc1[nH]c2ccccc2c1[C@@H](Nc1cccc([N+](=O)[O-])c1)c1ccncc1. The second kappa shape index (κ2) is 6.92. The average Bonchev–Trinajstić information content (AvgIpc) is 3.02. The summed E-state index contributed by atoms with van der Waals surface area (Å²) >= 11 is 0. The topological polar surface area (TPSA) is 83.8 Å². The fourth-order valence-electron chi connectivity index (χ4n) is 3.42. The molecule has 2 aromatic heterocycles. The minimum Gasteiger partial charge on any atom is -0.374 e. The molecule has 4 rings (SSSR count). The van der Waals surface area contributed by atoms with Gasteiger partial charge in [-0.3, -0.25) is 15.1 Å². The van der Waals surface area contributed by atoms with Crippen LogP contribution in [0.25, 0.3) is 10.9 Å². The number of rotatable bonds is 5. The first-order valence-electron chi connectivity index (χ1n) is 8.61. The van der Waals surface area contributed by atoms with E-state index in [4.69, 9.17) is 0 Å². The van der Waals surface area contributed by atoms with Gasteiger partial charge in [-0.05, 0) is 36.8 Å². The van der Waals surface area contributed by atoms with Gasteiger partial charge in [-0.1, -0.05) is 24.3 Å². The van der Waals surface area contributed by atoms with E-state index in [-0.39, 0.29) is 16.7 Å². The van der Waals surface area contributed by atoms with Crippen molar-refractivity contribution in [1.82, 2.24) is 9.97 Å². The number of pyridine rings is 1. The van der Waals surface area contributed by atoms with Gasteiger partial charge in [0, 0.05) is 52.4 Å². The molecule has 2 N–H and O–H groups in total. The Labute approximate surface area is 156 Å². The Morgan fingerprint density at radius 1 is 1.07 bits per heavy atom. The number of aromatic amines is 1. The van der Waals surface area contributed by atoms with E-state index in [0.717, 1.165) is 27.7 Å². The van der Waals surface area contributed by atoms with E-state index < -0.39 is 0 Å². The Bertz CT molecular complexity index is 1110. The van der Waals surface area contributed by atoms with Crippen molar-refractivity contribution in [2.45, 2.75) is 13.0 Å². The first-order chi connectivity index (χ1) is 13.1. The van der Waals surface area contributed by atoms with Crippen LogP contribution >= 0.6 is 0 Å². The van der Waals surface area contributed by atoms with Gasteiger partial charge in [0.05, 0.1) is 11.0 Å². The summed E-state index contributed by atoms with van der Waals surface area (Å²) in [4.78, 5) is 18.3. The first kappa shape index (κ1) is 16.8. The molecule has 0 aliphatic rings. The third kappa shape index (κ3) is 3.25. The number of nitrogens with zero attached hydrogens (tertiary/aromatic N) is 2. The molecule has 4 aromatic rings. The Kier molecular flexibility index (Phi) is 4.30. The van der Waals surface area contributed by atoms with E-state index in [9.17, 15) is 10.1 Å². The minimum atomic E-state index is -0.385. The van der Waals surface area contributed by atoms with Gasteiger partial charge in [-0.25, -0.2) is 0 Å². The van der Waals surface area contributed by atoms with Crippen LogP contribution in [0.2, 0.25) is 0 Å². The molecule has 0 spiro atoms.